The maximum atomic E-state index is 12.9. The standard InChI is InChI=1S/C15H20F3N3OS/c1-10(2)20-3-4-21-13(7-20)9-23(22)8-11-5-12(15(16,17)18)6-19-14(11)21/h5-6,10,13H,3-4,7-9H2,1-2H3/t13-,23?/m1/s1. The van der Waals surface area contributed by atoms with Gasteiger partial charge in [0.1, 0.15) is 5.82 Å². The summed E-state index contributed by atoms with van der Waals surface area (Å²) in [6, 6.07) is 1.54. The number of rotatable bonds is 1. The summed E-state index contributed by atoms with van der Waals surface area (Å²) in [4.78, 5) is 8.44. The number of fused-ring (bicyclic) bond motifs is 3. The third kappa shape index (κ3) is 3.38. The molecule has 2 aliphatic rings. The van der Waals surface area contributed by atoms with Gasteiger partial charge in [0, 0.05) is 54.0 Å². The summed E-state index contributed by atoms with van der Waals surface area (Å²) in [6.45, 7) is 6.54. The summed E-state index contributed by atoms with van der Waals surface area (Å²) in [5.74, 6) is 1.18. The first-order valence-corrected chi connectivity index (χ1v) is 9.16. The van der Waals surface area contributed by atoms with E-state index in [9.17, 15) is 17.4 Å². The molecule has 8 heteroatoms. The van der Waals surface area contributed by atoms with E-state index >= 15 is 0 Å². The number of hydrogen-bond donors (Lipinski definition) is 0. The van der Waals surface area contributed by atoms with Crippen molar-refractivity contribution in [3.63, 3.8) is 0 Å². The van der Waals surface area contributed by atoms with Gasteiger partial charge in [-0.25, -0.2) is 4.98 Å². The molecule has 1 fully saturated rings. The van der Waals surface area contributed by atoms with E-state index in [-0.39, 0.29) is 11.8 Å². The molecule has 0 radical (unpaired) electrons. The van der Waals surface area contributed by atoms with E-state index in [0.29, 0.717) is 29.7 Å². The summed E-state index contributed by atoms with van der Waals surface area (Å²) < 4.78 is 51.0. The lowest BCUT2D eigenvalue weighted by molar-refractivity contribution is -0.137. The Hall–Kier alpha value is -1.15. The molecule has 3 heterocycles. The van der Waals surface area contributed by atoms with Crippen LogP contribution in [0.15, 0.2) is 12.3 Å². The molecule has 0 bridgehead atoms. The highest BCUT2D eigenvalue weighted by Gasteiger charge is 2.37. The van der Waals surface area contributed by atoms with Gasteiger partial charge in [-0.15, -0.1) is 0 Å². The first-order valence-electron chi connectivity index (χ1n) is 7.67. The lowest BCUT2D eigenvalue weighted by Gasteiger charge is -2.43. The van der Waals surface area contributed by atoms with Crippen molar-refractivity contribution in [2.24, 2.45) is 0 Å². The average Bonchev–Trinajstić information content (AvgIpc) is 2.59. The van der Waals surface area contributed by atoms with Crippen molar-refractivity contribution in [3.8, 4) is 0 Å². The minimum Gasteiger partial charge on any atom is -0.350 e. The van der Waals surface area contributed by atoms with E-state index in [0.717, 1.165) is 25.4 Å². The zero-order valence-corrected chi connectivity index (χ0v) is 14.0. The van der Waals surface area contributed by atoms with Crippen molar-refractivity contribution in [1.82, 2.24) is 9.88 Å². The monoisotopic (exact) mass is 347 g/mol. The van der Waals surface area contributed by atoms with E-state index in [2.05, 4.69) is 23.7 Å². The van der Waals surface area contributed by atoms with Crippen LogP contribution in [0.25, 0.3) is 0 Å². The van der Waals surface area contributed by atoms with Crippen LogP contribution in [0.5, 0.6) is 0 Å². The molecular formula is C15H20F3N3OS. The van der Waals surface area contributed by atoms with Crippen molar-refractivity contribution < 1.29 is 17.4 Å². The quantitative estimate of drug-likeness (QED) is 0.781. The third-order valence-electron chi connectivity index (χ3n) is 4.48. The fraction of sp³-hybridized carbons (Fsp3) is 0.667. The lowest BCUT2D eigenvalue weighted by Crippen LogP contribution is -2.56. The first kappa shape index (κ1) is 16.7. The lowest BCUT2D eigenvalue weighted by atomic mass is 10.1. The van der Waals surface area contributed by atoms with Crippen molar-refractivity contribution in [3.05, 3.63) is 23.4 Å². The smallest absolute Gasteiger partial charge is 0.350 e. The normalized spacial score (nSPS) is 25.9. The van der Waals surface area contributed by atoms with Gasteiger partial charge in [0.15, 0.2) is 0 Å². The Bertz CT molecular complexity index is 620. The molecule has 0 spiro atoms. The van der Waals surface area contributed by atoms with Crippen LogP contribution in [0, 0.1) is 0 Å². The fourth-order valence-electron chi connectivity index (χ4n) is 3.24. The van der Waals surface area contributed by atoms with Crippen LogP contribution in [0.2, 0.25) is 0 Å². The summed E-state index contributed by atoms with van der Waals surface area (Å²) in [6.07, 6.45) is -3.54. The Morgan fingerprint density at radius 3 is 2.74 bits per heavy atom. The number of hydrogen-bond acceptors (Lipinski definition) is 4. The molecule has 3 rings (SSSR count). The minimum absolute atomic E-state index is 0.0393. The molecule has 0 N–H and O–H groups in total. The zero-order valence-electron chi connectivity index (χ0n) is 13.1. The van der Waals surface area contributed by atoms with E-state index in [1.165, 1.54) is 0 Å². The van der Waals surface area contributed by atoms with Crippen LogP contribution < -0.4 is 4.90 Å². The van der Waals surface area contributed by atoms with Gasteiger partial charge in [-0.2, -0.15) is 13.2 Å². The van der Waals surface area contributed by atoms with Gasteiger partial charge in [-0.05, 0) is 19.9 Å². The Morgan fingerprint density at radius 1 is 1.35 bits per heavy atom. The van der Waals surface area contributed by atoms with Gasteiger partial charge >= 0.3 is 6.18 Å². The summed E-state index contributed by atoms with van der Waals surface area (Å²) in [7, 11) is -1.18. The molecule has 128 valence electrons. The number of aromatic nitrogens is 1. The van der Waals surface area contributed by atoms with Crippen LogP contribution in [0.4, 0.5) is 19.0 Å². The summed E-state index contributed by atoms with van der Waals surface area (Å²) >= 11 is 0. The molecular weight excluding hydrogens is 327 g/mol. The Kier molecular flexibility index (Phi) is 4.39. The largest absolute Gasteiger partial charge is 0.417 e. The number of pyridine rings is 1. The van der Waals surface area contributed by atoms with E-state index in [4.69, 9.17) is 0 Å². The molecule has 1 aromatic heterocycles. The molecule has 2 atom stereocenters. The topological polar surface area (TPSA) is 36.4 Å². The van der Waals surface area contributed by atoms with Crippen molar-refractivity contribution in [1.29, 1.82) is 0 Å². The molecule has 2 aliphatic heterocycles. The number of nitrogens with zero attached hydrogens (tertiary/aromatic N) is 3. The van der Waals surface area contributed by atoms with Gasteiger partial charge in [-0.3, -0.25) is 9.11 Å². The predicted molar refractivity (Wildman–Crippen MR) is 83.8 cm³/mol. The Labute approximate surface area is 136 Å². The van der Waals surface area contributed by atoms with Gasteiger partial charge in [0.25, 0.3) is 0 Å². The third-order valence-corrected chi connectivity index (χ3v) is 5.87. The second-order valence-corrected chi connectivity index (χ2v) is 7.89. The molecule has 0 aliphatic carbocycles. The summed E-state index contributed by atoms with van der Waals surface area (Å²) in [5.41, 5.74) is -0.328. The average molecular weight is 347 g/mol. The minimum atomic E-state index is -4.43. The first-order chi connectivity index (χ1) is 10.8. The van der Waals surface area contributed by atoms with E-state index < -0.39 is 22.5 Å². The molecule has 0 saturated carbocycles. The second kappa shape index (κ2) is 6.05. The molecule has 0 aromatic carbocycles. The molecule has 1 unspecified atom stereocenters. The van der Waals surface area contributed by atoms with Gasteiger partial charge in [0.05, 0.1) is 17.4 Å². The SMILES string of the molecule is CC(C)N1CCN2c3ncc(C(F)(F)F)cc3CS(=O)C[C@H]2C1. The van der Waals surface area contributed by atoms with Crippen molar-refractivity contribution in [2.75, 3.05) is 30.3 Å². The molecule has 1 aromatic rings. The Balaban J connectivity index is 1.95. The van der Waals surface area contributed by atoms with Gasteiger partial charge in [0.2, 0.25) is 0 Å². The van der Waals surface area contributed by atoms with Crippen LogP contribution in [0.3, 0.4) is 0 Å². The maximum absolute atomic E-state index is 12.9. The number of halogens is 3. The highest BCUT2D eigenvalue weighted by atomic mass is 32.2. The zero-order chi connectivity index (χ0) is 16.8. The molecule has 0 amide bonds. The van der Waals surface area contributed by atoms with Crippen LogP contribution in [-0.4, -0.2) is 51.6 Å². The van der Waals surface area contributed by atoms with Crippen molar-refractivity contribution in [2.45, 2.75) is 37.9 Å². The highest BCUT2D eigenvalue weighted by Crippen LogP contribution is 2.34. The number of anilines is 1. The van der Waals surface area contributed by atoms with Crippen LogP contribution in [0.1, 0.15) is 25.0 Å². The van der Waals surface area contributed by atoms with E-state index in [1.54, 1.807) is 0 Å². The van der Waals surface area contributed by atoms with E-state index in [1.807, 2.05) is 4.90 Å². The second-order valence-electron chi connectivity index (χ2n) is 6.39. The van der Waals surface area contributed by atoms with Gasteiger partial charge < -0.3 is 4.90 Å². The van der Waals surface area contributed by atoms with Crippen LogP contribution in [-0.2, 0) is 22.7 Å². The predicted octanol–water partition coefficient (Wildman–Crippen LogP) is 2.26. The highest BCUT2D eigenvalue weighted by molar-refractivity contribution is 7.84. The molecule has 1 saturated heterocycles. The number of piperazine rings is 1. The Morgan fingerprint density at radius 2 is 2.09 bits per heavy atom. The maximum Gasteiger partial charge on any atom is 0.417 e. The fourth-order valence-corrected chi connectivity index (χ4v) is 4.63. The number of alkyl halides is 3. The molecule has 23 heavy (non-hydrogen) atoms. The van der Waals surface area contributed by atoms with Gasteiger partial charge in [-0.1, -0.05) is 0 Å². The summed E-state index contributed by atoms with van der Waals surface area (Å²) in [5, 5.41) is 0. The molecule has 4 nitrogen and oxygen atoms in total. The van der Waals surface area contributed by atoms with Crippen molar-refractivity contribution >= 4 is 16.6 Å². The van der Waals surface area contributed by atoms with Crippen LogP contribution >= 0.6 is 0 Å².